The highest BCUT2D eigenvalue weighted by Gasteiger charge is 2.26. The zero-order valence-corrected chi connectivity index (χ0v) is 11.2. The summed E-state index contributed by atoms with van der Waals surface area (Å²) < 4.78 is 0. The molecule has 0 bridgehead atoms. The minimum atomic E-state index is -0.701. The predicted molar refractivity (Wildman–Crippen MR) is 72.7 cm³/mol. The van der Waals surface area contributed by atoms with E-state index < -0.39 is 17.2 Å². The topological polar surface area (TPSA) is 106 Å². The largest absolute Gasteiger partial charge is 0.395 e. The lowest BCUT2D eigenvalue weighted by Crippen LogP contribution is -2.44. The van der Waals surface area contributed by atoms with Crippen LogP contribution in [-0.4, -0.2) is 45.1 Å². The van der Waals surface area contributed by atoms with Crippen molar-refractivity contribution in [3.05, 3.63) is 32.6 Å². The maximum absolute atomic E-state index is 12.4. The number of amides is 1. The Morgan fingerprint density at radius 1 is 1.25 bits per heavy atom. The van der Waals surface area contributed by atoms with Crippen molar-refractivity contribution < 1.29 is 9.90 Å². The molecule has 0 atom stereocenters. The van der Waals surface area contributed by atoms with Crippen LogP contribution in [0.1, 0.15) is 42.6 Å². The highest BCUT2D eigenvalue weighted by molar-refractivity contribution is 5.92. The fraction of sp³-hybridized carbons (Fsp3) is 0.615. The smallest absolute Gasteiger partial charge is 0.326 e. The van der Waals surface area contributed by atoms with E-state index in [2.05, 4.69) is 4.98 Å². The van der Waals surface area contributed by atoms with Crippen LogP contribution in [0.15, 0.2) is 15.7 Å². The van der Waals surface area contributed by atoms with E-state index in [1.807, 2.05) is 4.98 Å². The van der Waals surface area contributed by atoms with Gasteiger partial charge in [-0.2, -0.15) is 0 Å². The Kier molecular flexibility index (Phi) is 4.73. The molecule has 1 fully saturated rings. The molecule has 1 aromatic heterocycles. The normalized spacial score (nSPS) is 16.1. The van der Waals surface area contributed by atoms with Gasteiger partial charge in [-0.1, -0.05) is 19.3 Å². The molecular weight excluding hydrogens is 262 g/mol. The van der Waals surface area contributed by atoms with Gasteiger partial charge in [-0.3, -0.25) is 14.6 Å². The van der Waals surface area contributed by atoms with E-state index in [9.17, 15) is 14.4 Å². The first kappa shape index (κ1) is 14.5. The van der Waals surface area contributed by atoms with Crippen LogP contribution in [0, 0.1) is 0 Å². The van der Waals surface area contributed by atoms with Gasteiger partial charge in [-0.25, -0.2) is 4.79 Å². The average Bonchev–Trinajstić information content (AvgIpc) is 2.44. The summed E-state index contributed by atoms with van der Waals surface area (Å²) in [5.41, 5.74) is -1.34. The van der Waals surface area contributed by atoms with Crippen LogP contribution in [0.5, 0.6) is 0 Å². The van der Waals surface area contributed by atoms with E-state index in [1.54, 1.807) is 4.90 Å². The van der Waals surface area contributed by atoms with Gasteiger partial charge < -0.3 is 15.0 Å². The summed E-state index contributed by atoms with van der Waals surface area (Å²) >= 11 is 0. The summed E-state index contributed by atoms with van der Waals surface area (Å²) in [4.78, 5) is 40.9. The summed E-state index contributed by atoms with van der Waals surface area (Å²) in [6.07, 6.45) is 5.02. The Morgan fingerprint density at radius 3 is 2.55 bits per heavy atom. The molecule has 110 valence electrons. The Balaban J connectivity index is 2.25. The molecule has 0 spiro atoms. The van der Waals surface area contributed by atoms with Crippen LogP contribution in [0.4, 0.5) is 0 Å². The van der Waals surface area contributed by atoms with Crippen molar-refractivity contribution in [2.45, 2.75) is 38.1 Å². The number of H-pyrrole nitrogens is 2. The third-order valence-corrected chi connectivity index (χ3v) is 3.61. The molecule has 1 aromatic rings. The second-order valence-corrected chi connectivity index (χ2v) is 5.02. The summed E-state index contributed by atoms with van der Waals surface area (Å²) in [5.74, 6) is -0.408. The molecule has 0 unspecified atom stereocenters. The van der Waals surface area contributed by atoms with Gasteiger partial charge in [0.1, 0.15) is 5.69 Å². The number of aromatic amines is 2. The van der Waals surface area contributed by atoms with Crippen molar-refractivity contribution in [1.29, 1.82) is 0 Å². The number of carbonyl (C=O) groups excluding carboxylic acids is 1. The number of nitrogens with one attached hydrogen (secondary N) is 2. The molecule has 1 saturated carbocycles. The Morgan fingerprint density at radius 2 is 1.95 bits per heavy atom. The lowest BCUT2D eigenvalue weighted by Gasteiger charge is -2.33. The van der Waals surface area contributed by atoms with Gasteiger partial charge in [0, 0.05) is 18.7 Å². The van der Waals surface area contributed by atoms with Crippen LogP contribution in [0.2, 0.25) is 0 Å². The Labute approximate surface area is 115 Å². The third kappa shape index (κ3) is 3.36. The lowest BCUT2D eigenvalue weighted by molar-refractivity contribution is 0.0578. The van der Waals surface area contributed by atoms with Crippen LogP contribution in [0.25, 0.3) is 0 Å². The van der Waals surface area contributed by atoms with Crippen molar-refractivity contribution in [2.75, 3.05) is 13.2 Å². The number of carbonyl (C=O) groups is 1. The maximum Gasteiger partial charge on any atom is 0.326 e. The zero-order valence-electron chi connectivity index (χ0n) is 11.2. The highest BCUT2D eigenvalue weighted by Crippen LogP contribution is 2.23. The Hall–Kier alpha value is -1.89. The number of hydrogen-bond donors (Lipinski definition) is 3. The second kappa shape index (κ2) is 6.51. The molecule has 1 aliphatic rings. The Bertz CT molecular complexity index is 543. The number of aliphatic hydroxyl groups is 1. The van der Waals surface area contributed by atoms with E-state index in [0.717, 1.165) is 38.2 Å². The van der Waals surface area contributed by atoms with E-state index in [1.165, 1.54) is 0 Å². The van der Waals surface area contributed by atoms with E-state index >= 15 is 0 Å². The minimum absolute atomic E-state index is 0.0298. The van der Waals surface area contributed by atoms with Crippen LogP contribution >= 0.6 is 0 Å². The van der Waals surface area contributed by atoms with Crippen molar-refractivity contribution in [3.63, 3.8) is 0 Å². The average molecular weight is 281 g/mol. The van der Waals surface area contributed by atoms with Gasteiger partial charge in [-0.15, -0.1) is 0 Å². The molecule has 0 aromatic carbocycles. The number of aliphatic hydroxyl groups excluding tert-OH is 1. The quantitative estimate of drug-likeness (QED) is 0.712. The molecular formula is C13H19N3O4. The molecule has 3 N–H and O–H groups in total. The standard InChI is InChI=1S/C13H19N3O4/c17-7-6-16(9-4-2-1-3-5-9)12(19)10-8-11(18)15-13(20)14-10/h8-9,17H,1-7H2,(H2,14,15,18,20). The highest BCUT2D eigenvalue weighted by atomic mass is 16.3. The first-order valence-corrected chi connectivity index (χ1v) is 6.87. The van der Waals surface area contributed by atoms with Crippen LogP contribution in [0.3, 0.4) is 0 Å². The molecule has 0 saturated heterocycles. The van der Waals surface area contributed by atoms with Gasteiger partial charge in [-0.05, 0) is 12.8 Å². The molecule has 20 heavy (non-hydrogen) atoms. The maximum atomic E-state index is 12.4. The van der Waals surface area contributed by atoms with E-state index in [0.29, 0.717) is 0 Å². The first-order valence-electron chi connectivity index (χ1n) is 6.87. The van der Waals surface area contributed by atoms with Gasteiger partial charge in [0.25, 0.3) is 11.5 Å². The molecule has 1 heterocycles. The second-order valence-electron chi connectivity index (χ2n) is 5.02. The number of nitrogens with zero attached hydrogens (tertiary/aromatic N) is 1. The summed E-state index contributed by atoms with van der Waals surface area (Å²) in [7, 11) is 0. The van der Waals surface area contributed by atoms with E-state index in [-0.39, 0.29) is 24.9 Å². The SMILES string of the molecule is O=C(c1cc(=O)[nH]c(=O)[nH]1)N(CCO)C1CCCCC1. The monoisotopic (exact) mass is 281 g/mol. The zero-order chi connectivity index (χ0) is 14.5. The van der Waals surface area contributed by atoms with Gasteiger partial charge in [0.2, 0.25) is 0 Å². The van der Waals surface area contributed by atoms with E-state index in [4.69, 9.17) is 5.11 Å². The molecule has 7 nitrogen and oxygen atoms in total. The molecule has 1 aliphatic carbocycles. The van der Waals surface area contributed by atoms with Crippen LogP contribution in [-0.2, 0) is 0 Å². The molecule has 2 rings (SSSR count). The number of aromatic nitrogens is 2. The van der Waals surface area contributed by atoms with Gasteiger partial charge in [0.05, 0.1) is 6.61 Å². The predicted octanol–water partition coefficient (Wildman–Crippen LogP) is -0.170. The molecule has 7 heteroatoms. The molecule has 0 radical (unpaired) electrons. The summed E-state index contributed by atoms with van der Waals surface area (Å²) in [5, 5.41) is 9.14. The van der Waals surface area contributed by atoms with Crippen molar-refractivity contribution in [1.82, 2.24) is 14.9 Å². The lowest BCUT2D eigenvalue weighted by atomic mass is 9.94. The fourth-order valence-electron chi connectivity index (χ4n) is 2.69. The van der Waals surface area contributed by atoms with Crippen LogP contribution < -0.4 is 11.2 Å². The molecule has 0 aliphatic heterocycles. The summed E-state index contributed by atoms with van der Waals surface area (Å²) in [6.45, 7) is 0.0635. The van der Waals surface area contributed by atoms with Crippen molar-refractivity contribution >= 4 is 5.91 Å². The molecule has 1 amide bonds. The summed E-state index contributed by atoms with van der Waals surface area (Å²) in [6, 6.07) is 1.14. The minimum Gasteiger partial charge on any atom is -0.395 e. The van der Waals surface area contributed by atoms with Crippen molar-refractivity contribution in [3.8, 4) is 0 Å². The number of hydrogen-bond acceptors (Lipinski definition) is 4. The number of rotatable bonds is 4. The van der Waals surface area contributed by atoms with Crippen molar-refractivity contribution in [2.24, 2.45) is 0 Å². The van der Waals surface area contributed by atoms with Gasteiger partial charge in [0.15, 0.2) is 0 Å². The van der Waals surface area contributed by atoms with Gasteiger partial charge >= 0.3 is 5.69 Å². The third-order valence-electron chi connectivity index (χ3n) is 3.61. The fourth-order valence-corrected chi connectivity index (χ4v) is 2.69. The first-order chi connectivity index (χ1) is 9.61.